The Morgan fingerprint density at radius 3 is 2.79 bits per heavy atom. The lowest BCUT2D eigenvalue weighted by Crippen LogP contribution is -2.35. The lowest BCUT2D eigenvalue weighted by atomic mass is 10.2. The molecular weight excluding hydrogens is 412 g/mol. The number of aryl methyl sites for hydroxylation is 1. The number of thioether (sulfide) groups is 1. The Morgan fingerprint density at radius 1 is 1.24 bits per heavy atom. The Kier molecular flexibility index (Phi) is 5.29. The van der Waals surface area contributed by atoms with Gasteiger partial charge in [0.2, 0.25) is 5.91 Å². The van der Waals surface area contributed by atoms with Crippen molar-refractivity contribution < 1.29 is 9.59 Å². The third-order valence-corrected chi connectivity index (χ3v) is 5.70. The van der Waals surface area contributed by atoms with E-state index in [0.717, 1.165) is 17.3 Å². The molecule has 1 aliphatic rings. The maximum atomic E-state index is 13.2. The van der Waals surface area contributed by atoms with Crippen molar-refractivity contribution >= 4 is 46.2 Å². The molecule has 1 N–H and O–H groups in total. The summed E-state index contributed by atoms with van der Waals surface area (Å²) in [6.07, 6.45) is 0. The number of rotatable bonds is 4. The number of imide groups is 1. The van der Waals surface area contributed by atoms with E-state index in [1.165, 1.54) is 9.47 Å². The average molecular weight is 429 g/mol. The fourth-order valence-corrected chi connectivity index (χ4v) is 4.20. The van der Waals surface area contributed by atoms with Crippen LogP contribution in [0.3, 0.4) is 0 Å². The van der Waals surface area contributed by atoms with Crippen LogP contribution in [0.15, 0.2) is 52.4 Å². The molecule has 0 atom stereocenters. The molecule has 29 heavy (non-hydrogen) atoms. The summed E-state index contributed by atoms with van der Waals surface area (Å²) >= 11 is 7.19. The quantitative estimate of drug-likeness (QED) is 0.510. The molecule has 1 fully saturated rings. The highest BCUT2D eigenvalue weighted by Crippen LogP contribution is 2.24. The molecule has 0 unspecified atom stereocenters. The zero-order chi connectivity index (χ0) is 20.5. The second kappa shape index (κ2) is 7.88. The number of benzene rings is 2. The van der Waals surface area contributed by atoms with Crippen molar-refractivity contribution in [2.24, 2.45) is 0 Å². The normalized spacial score (nSPS) is 13.7. The number of urea groups is 1. The molecule has 0 spiro atoms. The molecule has 0 aliphatic carbocycles. The fraction of sp³-hybridized carbons (Fsp3) is 0.200. The highest BCUT2D eigenvalue weighted by Gasteiger charge is 2.26. The van der Waals surface area contributed by atoms with Gasteiger partial charge < -0.3 is 5.32 Å². The second-order valence-corrected chi connectivity index (χ2v) is 7.98. The molecule has 1 saturated heterocycles. The van der Waals surface area contributed by atoms with E-state index in [1.54, 1.807) is 18.2 Å². The van der Waals surface area contributed by atoms with Crippen LogP contribution in [0, 0.1) is 6.92 Å². The maximum absolute atomic E-state index is 13.2. The molecular formula is C20H17ClN4O3S. The summed E-state index contributed by atoms with van der Waals surface area (Å²) in [6, 6.07) is 12.0. The van der Waals surface area contributed by atoms with Gasteiger partial charge >= 0.3 is 6.03 Å². The van der Waals surface area contributed by atoms with Crippen LogP contribution in [0.25, 0.3) is 16.6 Å². The molecule has 9 heteroatoms. The largest absolute Gasteiger partial charge is 0.336 e. The van der Waals surface area contributed by atoms with Crippen LogP contribution in [0.2, 0.25) is 5.02 Å². The number of aromatic nitrogens is 2. The number of hydrogen-bond acceptors (Lipinski definition) is 5. The first-order valence-corrected chi connectivity index (χ1v) is 10.3. The standard InChI is InChI=1S/C20H17ClN4O3S/c1-12-3-2-4-14(9-12)25-18(27)15-6-5-13(21)10-16(15)23-20(25)29-11-17(26)24-8-7-22-19(24)28/h2-6,9-10H,7-8,11H2,1H3,(H,22,28). The van der Waals surface area contributed by atoms with Crippen molar-refractivity contribution in [2.45, 2.75) is 12.1 Å². The molecule has 3 aromatic rings. The van der Waals surface area contributed by atoms with E-state index >= 15 is 0 Å². The van der Waals surface area contributed by atoms with Crippen LogP contribution in [-0.2, 0) is 4.79 Å². The fourth-order valence-electron chi connectivity index (χ4n) is 3.14. The van der Waals surface area contributed by atoms with Crippen LogP contribution in [0.5, 0.6) is 0 Å². The third-order valence-electron chi connectivity index (χ3n) is 4.54. The van der Waals surface area contributed by atoms with E-state index in [1.807, 2.05) is 31.2 Å². The first-order chi connectivity index (χ1) is 13.9. The predicted molar refractivity (Wildman–Crippen MR) is 113 cm³/mol. The minimum absolute atomic E-state index is 0.0161. The molecule has 2 aromatic carbocycles. The van der Waals surface area contributed by atoms with E-state index in [2.05, 4.69) is 10.3 Å². The Morgan fingerprint density at radius 2 is 2.07 bits per heavy atom. The van der Waals surface area contributed by atoms with Gasteiger partial charge in [0.15, 0.2) is 5.16 Å². The molecule has 1 aliphatic heterocycles. The number of nitrogens with one attached hydrogen (secondary N) is 1. The maximum Gasteiger partial charge on any atom is 0.324 e. The van der Waals surface area contributed by atoms with Crippen molar-refractivity contribution in [3.8, 4) is 5.69 Å². The lowest BCUT2D eigenvalue weighted by Gasteiger charge is -2.15. The van der Waals surface area contributed by atoms with Gasteiger partial charge in [-0.05, 0) is 42.8 Å². The summed E-state index contributed by atoms with van der Waals surface area (Å²) in [5.41, 5.74) is 1.87. The van der Waals surface area contributed by atoms with Crippen molar-refractivity contribution in [3.63, 3.8) is 0 Å². The van der Waals surface area contributed by atoms with E-state index in [4.69, 9.17) is 11.6 Å². The van der Waals surface area contributed by atoms with Gasteiger partial charge in [0, 0.05) is 18.1 Å². The number of carbonyl (C=O) groups excluding carboxylic acids is 2. The van der Waals surface area contributed by atoms with Crippen LogP contribution >= 0.6 is 23.4 Å². The third kappa shape index (κ3) is 3.86. The monoisotopic (exact) mass is 428 g/mol. The van der Waals surface area contributed by atoms with Gasteiger partial charge in [0.05, 0.1) is 22.3 Å². The Balaban J connectivity index is 1.78. The molecule has 7 nitrogen and oxygen atoms in total. The number of fused-ring (bicyclic) bond motifs is 1. The van der Waals surface area contributed by atoms with Crippen LogP contribution in [-0.4, -0.2) is 45.2 Å². The molecule has 148 valence electrons. The zero-order valence-electron chi connectivity index (χ0n) is 15.5. The van der Waals surface area contributed by atoms with Gasteiger partial charge in [-0.1, -0.05) is 35.5 Å². The minimum Gasteiger partial charge on any atom is -0.336 e. The Bertz CT molecular complexity index is 1190. The summed E-state index contributed by atoms with van der Waals surface area (Å²) in [6.45, 7) is 2.71. The molecule has 3 amide bonds. The minimum atomic E-state index is -0.398. The summed E-state index contributed by atoms with van der Waals surface area (Å²) in [4.78, 5) is 43.1. The smallest absolute Gasteiger partial charge is 0.324 e. The first kappa shape index (κ1) is 19.5. The SMILES string of the molecule is Cc1cccc(-n2c(SCC(=O)N3CCNC3=O)nc3cc(Cl)ccc3c2=O)c1. The molecule has 2 heterocycles. The van der Waals surface area contributed by atoms with Gasteiger partial charge in [-0.15, -0.1) is 0 Å². The summed E-state index contributed by atoms with van der Waals surface area (Å²) < 4.78 is 1.49. The lowest BCUT2D eigenvalue weighted by molar-refractivity contribution is -0.124. The number of amides is 3. The van der Waals surface area contributed by atoms with E-state index in [-0.39, 0.29) is 17.2 Å². The van der Waals surface area contributed by atoms with Crippen LogP contribution in [0.1, 0.15) is 5.56 Å². The number of nitrogens with zero attached hydrogens (tertiary/aromatic N) is 3. The Labute approximate surface area is 175 Å². The van der Waals surface area contributed by atoms with E-state index in [9.17, 15) is 14.4 Å². The summed E-state index contributed by atoms with van der Waals surface area (Å²) in [5, 5.41) is 3.87. The van der Waals surface area contributed by atoms with Crippen molar-refractivity contribution in [1.29, 1.82) is 0 Å². The number of carbonyl (C=O) groups is 2. The zero-order valence-corrected chi connectivity index (χ0v) is 17.1. The van der Waals surface area contributed by atoms with Gasteiger partial charge in [-0.3, -0.25) is 19.1 Å². The van der Waals surface area contributed by atoms with E-state index < -0.39 is 6.03 Å². The topological polar surface area (TPSA) is 84.3 Å². The highest BCUT2D eigenvalue weighted by molar-refractivity contribution is 7.99. The number of halogens is 1. The van der Waals surface area contributed by atoms with Crippen molar-refractivity contribution in [2.75, 3.05) is 18.8 Å². The molecule has 0 bridgehead atoms. The average Bonchev–Trinajstić information content (AvgIpc) is 3.12. The molecule has 1 aromatic heterocycles. The highest BCUT2D eigenvalue weighted by atomic mass is 35.5. The van der Waals surface area contributed by atoms with Gasteiger partial charge in [0.1, 0.15) is 0 Å². The number of hydrogen-bond donors (Lipinski definition) is 1. The van der Waals surface area contributed by atoms with Crippen molar-refractivity contribution in [3.05, 3.63) is 63.4 Å². The second-order valence-electron chi connectivity index (χ2n) is 6.60. The van der Waals surface area contributed by atoms with Gasteiger partial charge in [-0.25, -0.2) is 9.78 Å². The van der Waals surface area contributed by atoms with Gasteiger partial charge in [-0.2, -0.15) is 0 Å². The van der Waals surface area contributed by atoms with Gasteiger partial charge in [0.25, 0.3) is 5.56 Å². The Hall–Kier alpha value is -2.84. The van der Waals surface area contributed by atoms with Crippen molar-refractivity contribution in [1.82, 2.24) is 19.8 Å². The van der Waals surface area contributed by atoms with E-state index in [0.29, 0.717) is 39.9 Å². The van der Waals surface area contributed by atoms with Crippen LogP contribution < -0.4 is 10.9 Å². The summed E-state index contributed by atoms with van der Waals surface area (Å²) in [5.74, 6) is -0.348. The molecule has 0 saturated carbocycles. The predicted octanol–water partition coefficient (Wildman–Crippen LogP) is 2.99. The molecule has 0 radical (unpaired) electrons. The first-order valence-electron chi connectivity index (χ1n) is 8.94. The molecule has 4 rings (SSSR count). The summed E-state index contributed by atoms with van der Waals surface area (Å²) in [7, 11) is 0. The van der Waals surface area contributed by atoms with Crippen LogP contribution in [0.4, 0.5) is 4.79 Å².